The maximum atomic E-state index is 12.5. The van der Waals surface area contributed by atoms with Crippen LogP contribution in [0.25, 0.3) is 0 Å². The summed E-state index contributed by atoms with van der Waals surface area (Å²) in [4.78, 5) is 14.3. The van der Waals surface area contributed by atoms with Crippen LogP contribution in [-0.2, 0) is 4.79 Å². The Kier molecular flexibility index (Phi) is 5.17. The molecule has 0 bridgehead atoms. The molecular formula is C14H28N2O2. The van der Waals surface area contributed by atoms with Gasteiger partial charge in [-0.2, -0.15) is 0 Å². The fraction of sp³-hybridized carbons (Fsp3) is 0.929. The van der Waals surface area contributed by atoms with Gasteiger partial charge in [0.05, 0.1) is 5.60 Å². The van der Waals surface area contributed by atoms with Crippen molar-refractivity contribution in [3.05, 3.63) is 0 Å². The van der Waals surface area contributed by atoms with Gasteiger partial charge in [0.2, 0.25) is 5.91 Å². The second kappa shape index (κ2) is 6.02. The number of likely N-dealkylation sites (N-methyl/N-ethyl adjacent to an activating group) is 1. The van der Waals surface area contributed by atoms with Crippen molar-refractivity contribution in [3.8, 4) is 0 Å². The number of carbonyl (C=O) groups excluding carboxylic acids is 1. The average molecular weight is 256 g/mol. The molecule has 3 unspecified atom stereocenters. The van der Waals surface area contributed by atoms with Crippen molar-refractivity contribution < 1.29 is 9.90 Å². The molecule has 1 rings (SSSR count). The van der Waals surface area contributed by atoms with Gasteiger partial charge >= 0.3 is 0 Å². The summed E-state index contributed by atoms with van der Waals surface area (Å²) in [5.41, 5.74) is 5.13. The molecule has 1 fully saturated rings. The van der Waals surface area contributed by atoms with E-state index in [-0.39, 0.29) is 17.9 Å². The molecule has 0 saturated heterocycles. The predicted molar refractivity (Wildman–Crippen MR) is 73.0 cm³/mol. The summed E-state index contributed by atoms with van der Waals surface area (Å²) >= 11 is 0. The molecule has 106 valence electrons. The molecule has 0 aromatic rings. The number of hydrogen-bond donors (Lipinski definition) is 2. The minimum atomic E-state index is -0.842. The van der Waals surface area contributed by atoms with Gasteiger partial charge in [-0.3, -0.25) is 4.79 Å². The van der Waals surface area contributed by atoms with E-state index in [0.717, 1.165) is 19.3 Å². The van der Waals surface area contributed by atoms with Gasteiger partial charge in [0.15, 0.2) is 0 Å². The molecule has 3 atom stereocenters. The highest BCUT2D eigenvalue weighted by Gasteiger charge is 2.34. The largest absolute Gasteiger partial charge is 0.389 e. The summed E-state index contributed by atoms with van der Waals surface area (Å²) in [6.07, 6.45) is 2.82. The maximum Gasteiger partial charge on any atom is 0.226 e. The van der Waals surface area contributed by atoms with Crippen molar-refractivity contribution in [2.75, 3.05) is 13.1 Å². The van der Waals surface area contributed by atoms with Crippen LogP contribution in [0.4, 0.5) is 0 Å². The summed E-state index contributed by atoms with van der Waals surface area (Å²) in [5.74, 6) is 0.575. The molecule has 3 N–H and O–H groups in total. The molecule has 1 aliphatic carbocycles. The molecule has 4 nitrogen and oxygen atoms in total. The minimum absolute atomic E-state index is 0.0241. The lowest BCUT2D eigenvalue weighted by Crippen LogP contribution is -2.48. The first-order valence-corrected chi connectivity index (χ1v) is 7.01. The molecule has 1 aliphatic rings. The van der Waals surface area contributed by atoms with Crippen LogP contribution in [0, 0.1) is 11.8 Å². The van der Waals surface area contributed by atoms with Gasteiger partial charge in [0.25, 0.3) is 0 Å². The Bertz CT molecular complexity index is 286. The smallest absolute Gasteiger partial charge is 0.226 e. The van der Waals surface area contributed by atoms with E-state index in [1.807, 2.05) is 6.92 Å². The average Bonchev–Trinajstić information content (AvgIpc) is 2.27. The van der Waals surface area contributed by atoms with Crippen molar-refractivity contribution in [2.45, 2.75) is 58.6 Å². The first kappa shape index (κ1) is 15.4. The number of nitrogens with two attached hydrogens (primary N) is 1. The third-order valence-electron chi connectivity index (χ3n) is 3.82. The van der Waals surface area contributed by atoms with Crippen LogP contribution < -0.4 is 5.73 Å². The van der Waals surface area contributed by atoms with E-state index in [0.29, 0.717) is 19.0 Å². The Balaban J connectivity index is 2.70. The molecule has 0 aromatic heterocycles. The third kappa shape index (κ3) is 4.25. The third-order valence-corrected chi connectivity index (χ3v) is 3.82. The van der Waals surface area contributed by atoms with Crippen molar-refractivity contribution in [2.24, 2.45) is 17.6 Å². The molecule has 0 heterocycles. The highest BCUT2D eigenvalue weighted by atomic mass is 16.3. The highest BCUT2D eigenvalue weighted by molar-refractivity contribution is 5.79. The standard InChI is InChI=1S/C14H28N2O2/c1-5-16(9-14(3,4)18)13(17)12-8-11(15)7-6-10(12)2/h10-12,18H,5-9,15H2,1-4H3. The van der Waals surface area contributed by atoms with Crippen molar-refractivity contribution in [1.82, 2.24) is 4.90 Å². The lowest BCUT2D eigenvalue weighted by molar-refractivity contribution is -0.141. The molecular weight excluding hydrogens is 228 g/mol. The highest BCUT2D eigenvalue weighted by Crippen LogP contribution is 2.30. The van der Waals surface area contributed by atoms with Crippen molar-refractivity contribution >= 4 is 5.91 Å². The molecule has 0 aliphatic heterocycles. The Morgan fingerprint density at radius 2 is 2.06 bits per heavy atom. The van der Waals surface area contributed by atoms with E-state index in [9.17, 15) is 9.90 Å². The molecule has 0 radical (unpaired) electrons. The molecule has 18 heavy (non-hydrogen) atoms. The number of aliphatic hydroxyl groups is 1. The first-order chi connectivity index (χ1) is 8.24. The van der Waals surface area contributed by atoms with E-state index >= 15 is 0 Å². The SMILES string of the molecule is CCN(CC(C)(C)O)C(=O)C1CC(N)CCC1C. The van der Waals surface area contributed by atoms with E-state index < -0.39 is 5.60 Å². The van der Waals surface area contributed by atoms with E-state index in [2.05, 4.69) is 6.92 Å². The van der Waals surface area contributed by atoms with Crippen LogP contribution in [0.3, 0.4) is 0 Å². The van der Waals surface area contributed by atoms with Gasteiger partial charge in [0.1, 0.15) is 0 Å². The Labute approximate surface area is 111 Å². The summed E-state index contributed by atoms with van der Waals surface area (Å²) in [5, 5.41) is 9.87. The van der Waals surface area contributed by atoms with Gasteiger partial charge in [-0.1, -0.05) is 6.92 Å². The monoisotopic (exact) mass is 256 g/mol. The topological polar surface area (TPSA) is 66.6 Å². The van der Waals surface area contributed by atoms with Crippen LogP contribution in [0.2, 0.25) is 0 Å². The van der Waals surface area contributed by atoms with E-state index in [4.69, 9.17) is 5.73 Å². The Morgan fingerprint density at radius 3 is 2.56 bits per heavy atom. The zero-order chi connectivity index (χ0) is 13.9. The normalized spacial score (nSPS) is 29.1. The van der Waals surface area contributed by atoms with Crippen molar-refractivity contribution in [3.63, 3.8) is 0 Å². The van der Waals surface area contributed by atoms with Crippen LogP contribution >= 0.6 is 0 Å². The van der Waals surface area contributed by atoms with Gasteiger partial charge in [-0.05, 0) is 46.0 Å². The Hall–Kier alpha value is -0.610. The number of carbonyl (C=O) groups is 1. The maximum absolute atomic E-state index is 12.5. The summed E-state index contributed by atoms with van der Waals surface area (Å²) < 4.78 is 0. The van der Waals surface area contributed by atoms with Gasteiger partial charge in [0, 0.05) is 25.0 Å². The number of amides is 1. The quantitative estimate of drug-likeness (QED) is 0.798. The number of rotatable bonds is 4. The molecule has 0 aromatic carbocycles. The molecule has 1 saturated carbocycles. The first-order valence-electron chi connectivity index (χ1n) is 7.01. The van der Waals surface area contributed by atoms with Crippen molar-refractivity contribution in [1.29, 1.82) is 0 Å². The zero-order valence-electron chi connectivity index (χ0n) is 12.1. The molecule has 0 spiro atoms. The summed E-state index contributed by atoms with van der Waals surface area (Å²) in [6.45, 7) is 8.59. The lowest BCUT2D eigenvalue weighted by Gasteiger charge is -2.37. The minimum Gasteiger partial charge on any atom is -0.389 e. The summed E-state index contributed by atoms with van der Waals surface area (Å²) in [6, 6.07) is 0.149. The fourth-order valence-electron chi connectivity index (χ4n) is 2.75. The van der Waals surface area contributed by atoms with Gasteiger partial charge < -0.3 is 15.7 Å². The number of nitrogens with zero attached hydrogens (tertiary/aromatic N) is 1. The lowest BCUT2D eigenvalue weighted by atomic mass is 9.77. The molecule has 4 heteroatoms. The van der Waals surface area contributed by atoms with Crippen LogP contribution in [0.1, 0.15) is 47.0 Å². The van der Waals surface area contributed by atoms with Crippen LogP contribution in [0.15, 0.2) is 0 Å². The Morgan fingerprint density at radius 1 is 1.44 bits per heavy atom. The predicted octanol–water partition coefficient (Wildman–Crippen LogP) is 1.37. The second-order valence-corrected chi connectivity index (χ2v) is 6.32. The van der Waals surface area contributed by atoms with Crippen LogP contribution in [-0.4, -0.2) is 40.6 Å². The summed E-state index contributed by atoms with van der Waals surface area (Å²) in [7, 11) is 0. The fourth-order valence-corrected chi connectivity index (χ4v) is 2.75. The zero-order valence-corrected chi connectivity index (χ0v) is 12.1. The number of hydrogen-bond acceptors (Lipinski definition) is 3. The van der Waals surface area contributed by atoms with E-state index in [1.165, 1.54) is 0 Å². The van der Waals surface area contributed by atoms with E-state index in [1.54, 1.807) is 18.7 Å². The van der Waals surface area contributed by atoms with Crippen LogP contribution in [0.5, 0.6) is 0 Å². The van der Waals surface area contributed by atoms with Gasteiger partial charge in [-0.25, -0.2) is 0 Å². The molecule has 1 amide bonds. The second-order valence-electron chi connectivity index (χ2n) is 6.32. The van der Waals surface area contributed by atoms with Gasteiger partial charge in [-0.15, -0.1) is 0 Å².